The van der Waals surface area contributed by atoms with Crippen molar-refractivity contribution < 1.29 is 18.8 Å². The number of carbonyl (C=O) groups excluding carboxylic acids is 2. The number of rotatable bonds is 6. The van der Waals surface area contributed by atoms with Crippen molar-refractivity contribution in [2.75, 3.05) is 26.3 Å². The number of nitrogens with zero attached hydrogens (tertiary/aromatic N) is 2. The second-order valence-electron chi connectivity index (χ2n) is 8.32. The van der Waals surface area contributed by atoms with Crippen LogP contribution in [0, 0.1) is 5.92 Å². The lowest BCUT2D eigenvalue weighted by Crippen LogP contribution is -2.59. The van der Waals surface area contributed by atoms with Crippen LogP contribution in [0.4, 0.5) is 0 Å². The molecule has 7 nitrogen and oxygen atoms in total. The van der Waals surface area contributed by atoms with Gasteiger partial charge < -0.3 is 19.5 Å². The third kappa shape index (κ3) is 4.26. The van der Waals surface area contributed by atoms with Gasteiger partial charge in [-0.15, -0.1) is 0 Å². The number of hydrogen-bond acceptors (Lipinski definition) is 5. The summed E-state index contributed by atoms with van der Waals surface area (Å²) in [5.41, 5.74) is 0.750. The maximum absolute atomic E-state index is 13.4. The fourth-order valence-electron chi connectivity index (χ4n) is 4.64. The zero-order valence-corrected chi connectivity index (χ0v) is 17.4. The van der Waals surface area contributed by atoms with Crippen molar-refractivity contribution in [1.82, 2.24) is 15.4 Å². The molecule has 2 saturated heterocycles. The summed E-state index contributed by atoms with van der Waals surface area (Å²) in [4.78, 5) is 27.5. The number of carbonyl (C=O) groups is 2. The molecule has 2 aliphatic heterocycles. The van der Waals surface area contributed by atoms with Gasteiger partial charge >= 0.3 is 0 Å². The lowest BCUT2D eigenvalue weighted by atomic mass is 9.88. The second kappa shape index (κ2) is 9.00. The predicted octanol–water partition coefficient (Wildman–Crippen LogP) is 2.81. The van der Waals surface area contributed by atoms with Gasteiger partial charge in [-0.05, 0) is 31.6 Å². The molecule has 1 aromatic carbocycles. The molecule has 0 spiro atoms. The third-order valence-corrected chi connectivity index (χ3v) is 6.19. The summed E-state index contributed by atoms with van der Waals surface area (Å²) in [7, 11) is 0. The van der Waals surface area contributed by atoms with Crippen molar-refractivity contribution >= 4 is 11.8 Å². The maximum atomic E-state index is 13.4. The summed E-state index contributed by atoms with van der Waals surface area (Å²) in [5.74, 6) is 0.727. The van der Waals surface area contributed by atoms with E-state index < -0.39 is 5.54 Å². The summed E-state index contributed by atoms with van der Waals surface area (Å²) in [6, 6.07) is 11.6. The highest BCUT2D eigenvalue weighted by Gasteiger charge is 2.49. The molecule has 0 aliphatic carbocycles. The molecule has 0 saturated carbocycles. The van der Waals surface area contributed by atoms with Gasteiger partial charge in [-0.25, -0.2) is 0 Å². The van der Waals surface area contributed by atoms with Crippen LogP contribution in [-0.4, -0.2) is 53.7 Å². The van der Waals surface area contributed by atoms with E-state index in [2.05, 4.69) is 10.5 Å². The summed E-state index contributed by atoms with van der Waals surface area (Å²) < 4.78 is 11.1. The molecule has 2 amide bonds. The number of hydrogen-bond donors (Lipinski definition) is 1. The van der Waals surface area contributed by atoms with Crippen LogP contribution < -0.4 is 5.32 Å². The predicted molar refractivity (Wildman–Crippen MR) is 112 cm³/mol. The zero-order valence-electron chi connectivity index (χ0n) is 17.4. The Morgan fingerprint density at radius 3 is 2.83 bits per heavy atom. The Morgan fingerprint density at radius 1 is 1.27 bits per heavy atom. The van der Waals surface area contributed by atoms with E-state index >= 15 is 0 Å². The fourth-order valence-corrected chi connectivity index (χ4v) is 4.64. The van der Waals surface area contributed by atoms with Gasteiger partial charge in [-0.3, -0.25) is 9.59 Å². The van der Waals surface area contributed by atoms with E-state index in [1.54, 1.807) is 4.90 Å². The fraction of sp³-hybridized carbons (Fsp3) is 0.522. The summed E-state index contributed by atoms with van der Waals surface area (Å²) in [5, 5.41) is 7.29. The number of aromatic nitrogens is 1. The largest absolute Gasteiger partial charge is 0.381 e. The molecule has 2 atom stereocenters. The van der Waals surface area contributed by atoms with Gasteiger partial charge in [0, 0.05) is 44.7 Å². The first-order valence-corrected chi connectivity index (χ1v) is 10.7. The number of nitrogens with one attached hydrogen (secondary N) is 1. The molecule has 2 unspecified atom stereocenters. The number of amides is 2. The Hall–Kier alpha value is -2.67. The average Bonchev–Trinajstić information content (AvgIpc) is 3.41. The van der Waals surface area contributed by atoms with Crippen LogP contribution in [0.5, 0.6) is 0 Å². The van der Waals surface area contributed by atoms with E-state index in [-0.39, 0.29) is 11.8 Å². The molecule has 0 bridgehead atoms. The molecule has 0 radical (unpaired) electrons. The number of likely N-dealkylation sites (tertiary alicyclic amines) is 1. The normalized spacial score (nSPS) is 24.0. The van der Waals surface area contributed by atoms with Crippen molar-refractivity contribution in [3.8, 4) is 11.3 Å². The van der Waals surface area contributed by atoms with E-state index in [1.165, 1.54) is 6.92 Å². The molecule has 1 aromatic heterocycles. The van der Waals surface area contributed by atoms with Crippen LogP contribution in [0.2, 0.25) is 0 Å². The zero-order chi connectivity index (χ0) is 21.0. The van der Waals surface area contributed by atoms with Gasteiger partial charge in [-0.1, -0.05) is 35.5 Å². The Kier molecular flexibility index (Phi) is 6.18. The topological polar surface area (TPSA) is 84.7 Å². The Labute approximate surface area is 176 Å². The highest BCUT2D eigenvalue weighted by Crippen LogP contribution is 2.34. The molecular weight excluding hydrogens is 382 g/mol. The maximum Gasteiger partial charge on any atom is 0.246 e. The van der Waals surface area contributed by atoms with Gasteiger partial charge in [0.2, 0.25) is 11.8 Å². The molecular formula is C23H29N3O4. The van der Waals surface area contributed by atoms with Gasteiger partial charge in [0.1, 0.15) is 17.0 Å². The van der Waals surface area contributed by atoms with Crippen LogP contribution in [0.1, 0.15) is 38.4 Å². The van der Waals surface area contributed by atoms with Crippen LogP contribution in [0.25, 0.3) is 11.3 Å². The van der Waals surface area contributed by atoms with Crippen molar-refractivity contribution in [2.24, 2.45) is 5.92 Å². The molecule has 2 aliphatic rings. The summed E-state index contributed by atoms with van der Waals surface area (Å²) in [6.07, 6.45) is 3.79. The first-order chi connectivity index (χ1) is 14.6. The van der Waals surface area contributed by atoms with E-state index in [0.29, 0.717) is 44.2 Å². The highest BCUT2D eigenvalue weighted by atomic mass is 16.5. The van der Waals surface area contributed by atoms with Crippen molar-refractivity contribution in [2.45, 2.75) is 44.6 Å². The average molecular weight is 412 g/mol. The second-order valence-corrected chi connectivity index (χ2v) is 8.32. The summed E-state index contributed by atoms with van der Waals surface area (Å²) in [6.45, 7) is 4.14. The lowest BCUT2D eigenvalue weighted by Gasteiger charge is -2.36. The smallest absolute Gasteiger partial charge is 0.246 e. The van der Waals surface area contributed by atoms with E-state index in [0.717, 1.165) is 37.1 Å². The van der Waals surface area contributed by atoms with Gasteiger partial charge in [0.25, 0.3) is 0 Å². The Balaban J connectivity index is 1.53. The molecule has 30 heavy (non-hydrogen) atoms. The standard InChI is InChI=1S/C23H29N3O4/c1-17(27)26-11-6-10-23(26,22(28)24-15-18-7-5-12-29-16-18)14-20-13-21(25-30-20)19-8-3-2-4-9-19/h2-4,8-9,13,18H,5-7,10-12,14-16H2,1H3,(H,24,28). The monoisotopic (exact) mass is 411 g/mol. The molecule has 1 N–H and O–H groups in total. The molecule has 7 heteroatoms. The number of benzene rings is 1. The van der Waals surface area contributed by atoms with E-state index in [4.69, 9.17) is 9.26 Å². The minimum Gasteiger partial charge on any atom is -0.381 e. The molecule has 4 rings (SSSR count). The highest BCUT2D eigenvalue weighted by molar-refractivity contribution is 5.91. The SMILES string of the molecule is CC(=O)N1CCCC1(Cc1cc(-c2ccccc2)no1)C(=O)NCC1CCCOC1. The minimum atomic E-state index is -0.936. The molecule has 2 aromatic rings. The van der Waals surface area contributed by atoms with Crippen LogP contribution in [-0.2, 0) is 20.7 Å². The minimum absolute atomic E-state index is 0.0913. The number of ether oxygens (including phenoxy) is 1. The Bertz CT molecular complexity index is 876. The van der Waals surface area contributed by atoms with Crippen LogP contribution >= 0.6 is 0 Å². The van der Waals surface area contributed by atoms with Gasteiger partial charge in [0.15, 0.2) is 0 Å². The Morgan fingerprint density at radius 2 is 2.10 bits per heavy atom. The lowest BCUT2D eigenvalue weighted by molar-refractivity contribution is -0.144. The van der Waals surface area contributed by atoms with E-state index in [1.807, 2.05) is 36.4 Å². The van der Waals surface area contributed by atoms with Crippen LogP contribution in [0.15, 0.2) is 40.9 Å². The van der Waals surface area contributed by atoms with E-state index in [9.17, 15) is 9.59 Å². The first kappa shape index (κ1) is 20.6. The third-order valence-electron chi connectivity index (χ3n) is 6.19. The quantitative estimate of drug-likeness (QED) is 0.790. The first-order valence-electron chi connectivity index (χ1n) is 10.7. The van der Waals surface area contributed by atoms with Crippen molar-refractivity contribution in [1.29, 1.82) is 0 Å². The molecule has 160 valence electrons. The van der Waals surface area contributed by atoms with Crippen LogP contribution in [0.3, 0.4) is 0 Å². The van der Waals surface area contributed by atoms with Crippen molar-refractivity contribution in [3.63, 3.8) is 0 Å². The molecule has 3 heterocycles. The molecule has 2 fully saturated rings. The van der Waals surface area contributed by atoms with Gasteiger partial charge in [0.05, 0.1) is 6.61 Å². The summed E-state index contributed by atoms with van der Waals surface area (Å²) >= 11 is 0. The van der Waals surface area contributed by atoms with Gasteiger partial charge in [-0.2, -0.15) is 0 Å². The van der Waals surface area contributed by atoms with Crippen molar-refractivity contribution in [3.05, 3.63) is 42.2 Å².